The van der Waals surface area contributed by atoms with Gasteiger partial charge in [-0.25, -0.2) is 4.98 Å². The summed E-state index contributed by atoms with van der Waals surface area (Å²) in [5.41, 5.74) is 11.2. The average Bonchev–Trinajstić information content (AvgIpc) is 2.92. The van der Waals surface area contributed by atoms with E-state index in [1.54, 1.807) is 0 Å². The summed E-state index contributed by atoms with van der Waals surface area (Å²) in [4.78, 5) is 8.81. The van der Waals surface area contributed by atoms with E-state index < -0.39 is 0 Å². The third kappa shape index (κ3) is 2.50. The second-order valence-electron chi connectivity index (χ2n) is 5.13. The number of pyridine rings is 1. The second kappa shape index (κ2) is 5.01. The Balaban J connectivity index is 2.07. The zero-order chi connectivity index (χ0) is 15.0. The first kappa shape index (κ1) is 13.3. The lowest BCUT2D eigenvalue weighted by Gasteiger charge is -2.06. The average molecular weight is 280 g/mol. The highest BCUT2D eigenvalue weighted by Crippen LogP contribution is 2.29. The fourth-order valence-corrected chi connectivity index (χ4v) is 2.26. The number of anilines is 1. The molecule has 0 bridgehead atoms. The van der Waals surface area contributed by atoms with E-state index in [9.17, 15) is 0 Å². The van der Waals surface area contributed by atoms with Gasteiger partial charge in [-0.05, 0) is 50.1 Å². The van der Waals surface area contributed by atoms with E-state index >= 15 is 0 Å². The van der Waals surface area contributed by atoms with Gasteiger partial charge in [0.2, 0.25) is 5.82 Å². The molecule has 2 N–H and O–H groups in total. The van der Waals surface area contributed by atoms with Crippen LogP contribution in [0.5, 0.6) is 0 Å². The third-order valence-corrected chi connectivity index (χ3v) is 3.31. The van der Waals surface area contributed by atoms with Crippen LogP contribution in [0.1, 0.15) is 16.8 Å². The predicted octanol–water partition coefficient (Wildman–Crippen LogP) is 3.31. The number of aromatic nitrogens is 3. The minimum Gasteiger partial charge on any atom is -0.398 e. The molecule has 0 saturated carbocycles. The third-order valence-electron chi connectivity index (χ3n) is 3.31. The Kier molecular flexibility index (Phi) is 3.17. The normalized spacial score (nSPS) is 10.8. The van der Waals surface area contributed by atoms with E-state index in [1.807, 2.05) is 51.1 Å². The Morgan fingerprint density at radius 2 is 1.86 bits per heavy atom. The van der Waals surface area contributed by atoms with Crippen LogP contribution in [0.15, 0.2) is 34.9 Å². The summed E-state index contributed by atoms with van der Waals surface area (Å²) in [5, 5.41) is 4.00. The van der Waals surface area contributed by atoms with Crippen LogP contribution in [-0.4, -0.2) is 15.1 Å². The molecule has 2 aromatic heterocycles. The van der Waals surface area contributed by atoms with E-state index in [0.29, 0.717) is 23.1 Å². The van der Waals surface area contributed by atoms with Gasteiger partial charge in [-0.2, -0.15) is 4.98 Å². The van der Waals surface area contributed by atoms with Crippen LogP contribution in [0, 0.1) is 20.8 Å². The highest BCUT2D eigenvalue weighted by molar-refractivity contribution is 5.74. The molecule has 0 fully saturated rings. The summed E-state index contributed by atoms with van der Waals surface area (Å²) in [7, 11) is 0. The summed E-state index contributed by atoms with van der Waals surface area (Å²) in [6.07, 6.45) is 0. The first-order valence-electron chi connectivity index (χ1n) is 6.69. The SMILES string of the molecule is Cc1cc(C)c(N)c(-c2nc(-c3cccc(C)n3)no2)c1. The Labute approximate surface area is 122 Å². The Bertz CT molecular complexity index is 808. The van der Waals surface area contributed by atoms with Gasteiger partial charge in [-0.1, -0.05) is 17.3 Å². The molecule has 5 nitrogen and oxygen atoms in total. The molecule has 2 heterocycles. The molecule has 0 saturated heterocycles. The van der Waals surface area contributed by atoms with Crippen LogP contribution in [-0.2, 0) is 0 Å². The molecule has 3 rings (SSSR count). The van der Waals surface area contributed by atoms with Crippen LogP contribution in [0.3, 0.4) is 0 Å². The maximum atomic E-state index is 6.11. The second-order valence-corrected chi connectivity index (χ2v) is 5.13. The van der Waals surface area contributed by atoms with Crippen LogP contribution in [0.25, 0.3) is 23.0 Å². The fourth-order valence-electron chi connectivity index (χ4n) is 2.26. The van der Waals surface area contributed by atoms with Gasteiger partial charge < -0.3 is 10.3 Å². The number of aryl methyl sites for hydroxylation is 3. The van der Waals surface area contributed by atoms with Crippen molar-refractivity contribution in [2.75, 3.05) is 5.73 Å². The molecule has 1 aromatic carbocycles. The summed E-state index contributed by atoms with van der Waals surface area (Å²) in [6.45, 7) is 5.90. The lowest BCUT2D eigenvalue weighted by molar-refractivity contribution is 0.432. The van der Waals surface area contributed by atoms with Gasteiger partial charge in [0, 0.05) is 11.4 Å². The van der Waals surface area contributed by atoms with Crippen molar-refractivity contribution < 1.29 is 4.52 Å². The first-order valence-corrected chi connectivity index (χ1v) is 6.69. The van der Waals surface area contributed by atoms with Crippen LogP contribution in [0.4, 0.5) is 5.69 Å². The molecule has 0 aliphatic heterocycles. The summed E-state index contributed by atoms with van der Waals surface area (Å²) in [5.74, 6) is 0.880. The fraction of sp³-hybridized carbons (Fsp3) is 0.188. The van der Waals surface area contributed by atoms with Crippen molar-refractivity contribution in [3.05, 3.63) is 47.2 Å². The molecule has 0 aliphatic carbocycles. The van der Waals surface area contributed by atoms with Crippen LogP contribution >= 0.6 is 0 Å². The number of hydrogen-bond acceptors (Lipinski definition) is 5. The maximum Gasteiger partial charge on any atom is 0.260 e. The molecule has 0 unspecified atom stereocenters. The van der Waals surface area contributed by atoms with Crippen molar-refractivity contribution in [1.82, 2.24) is 15.1 Å². The van der Waals surface area contributed by atoms with Crippen molar-refractivity contribution in [3.8, 4) is 23.0 Å². The van der Waals surface area contributed by atoms with Crippen LogP contribution < -0.4 is 5.73 Å². The Hall–Kier alpha value is -2.69. The standard InChI is InChI=1S/C16H16N4O/c1-9-7-10(2)14(17)12(8-9)16-19-15(20-21-16)13-6-4-5-11(3)18-13/h4-8H,17H2,1-3H3. The number of benzene rings is 1. The molecule has 3 aromatic rings. The van der Waals surface area contributed by atoms with Gasteiger partial charge in [0.25, 0.3) is 5.89 Å². The molecule has 0 spiro atoms. The molecule has 21 heavy (non-hydrogen) atoms. The molecular weight excluding hydrogens is 264 g/mol. The van der Waals surface area contributed by atoms with Crippen molar-refractivity contribution >= 4 is 5.69 Å². The maximum absolute atomic E-state index is 6.11. The van der Waals surface area contributed by atoms with E-state index in [-0.39, 0.29) is 0 Å². The minimum absolute atomic E-state index is 0.414. The van der Waals surface area contributed by atoms with Crippen molar-refractivity contribution in [1.29, 1.82) is 0 Å². The monoisotopic (exact) mass is 280 g/mol. The minimum atomic E-state index is 0.414. The van der Waals surface area contributed by atoms with E-state index in [1.165, 1.54) is 0 Å². The van der Waals surface area contributed by atoms with E-state index in [0.717, 1.165) is 22.4 Å². The predicted molar refractivity (Wildman–Crippen MR) is 81.6 cm³/mol. The first-order chi connectivity index (χ1) is 10.0. The smallest absolute Gasteiger partial charge is 0.260 e. The van der Waals surface area contributed by atoms with Gasteiger partial charge in [0.15, 0.2) is 0 Å². The van der Waals surface area contributed by atoms with E-state index in [2.05, 4.69) is 15.1 Å². The zero-order valence-corrected chi connectivity index (χ0v) is 12.2. The zero-order valence-electron chi connectivity index (χ0n) is 12.2. The van der Waals surface area contributed by atoms with Crippen molar-refractivity contribution in [2.45, 2.75) is 20.8 Å². The summed E-state index contributed by atoms with van der Waals surface area (Å²) < 4.78 is 5.35. The van der Waals surface area contributed by atoms with Gasteiger partial charge in [0.05, 0.1) is 5.56 Å². The molecule has 5 heteroatoms. The highest BCUT2D eigenvalue weighted by atomic mass is 16.5. The number of nitrogens with two attached hydrogens (primary N) is 1. The van der Waals surface area contributed by atoms with Gasteiger partial charge in [-0.3, -0.25) is 0 Å². The molecule has 0 atom stereocenters. The number of hydrogen-bond donors (Lipinski definition) is 1. The molecule has 106 valence electrons. The largest absolute Gasteiger partial charge is 0.398 e. The number of nitrogen functional groups attached to an aromatic ring is 1. The lowest BCUT2D eigenvalue weighted by atomic mass is 10.0. The molecule has 0 radical (unpaired) electrons. The van der Waals surface area contributed by atoms with Crippen LogP contribution in [0.2, 0.25) is 0 Å². The number of rotatable bonds is 2. The quantitative estimate of drug-likeness (QED) is 0.729. The molecule has 0 amide bonds. The van der Waals surface area contributed by atoms with E-state index in [4.69, 9.17) is 10.3 Å². The molecule has 0 aliphatic rings. The van der Waals surface area contributed by atoms with Gasteiger partial charge in [-0.15, -0.1) is 0 Å². The molecular formula is C16H16N4O. The summed E-state index contributed by atoms with van der Waals surface area (Å²) >= 11 is 0. The van der Waals surface area contributed by atoms with Crippen molar-refractivity contribution in [2.24, 2.45) is 0 Å². The Morgan fingerprint density at radius 1 is 1.05 bits per heavy atom. The lowest BCUT2D eigenvalue weighted by Crippen LogP contribution is -1.95. The topological polar surface area (TPSA) is 77.8 Å². The van der Waals surface area contributed by atoms with Gasteiger partial charge in [0.1, 0.15) is 5.69 Å². The summed E-state index contributed by atoms with van der Waals surface area (Å²) in [6, 6.07) is 9.67. The number of nitrogens with zero attached hydrogens (tertiary/aromatic N) is 3. The highest BCUT2D eigenvalue weighted by Gasteiger charge is 2.15. The van der Waals surface area contributed by atoms with Crippen molar-refractivity contribution in [3.63, 3.8) is 0 Å². The van der Waals surface area contributed by atoms with Gasteiger partial charge >= 0.3 is 0 Å². The Morgan fingerprint density at radius 3 is 2.62 bits per heavy atom.